The summed E-state index contributed by atoms with van der Waals surface area (Å²) >= 11 is 13.1. The number of hydrogen-bond acceptors (Lipinski definition) is 4. The zero-order chi connectivity index (χ0) is 18.4. The van der Waals surface area contributed by atoms with Crippen LogP contribution in [0.3, 0.4) is 0 Å². The van der Waals surface area contributed by atoms with Crippen molar-refractivity contribution >= 4 is 57.7 Å². The summed E-state index contributed by atoms with van der Waals surface area (Å²) < 4.78 is 0. The summed E-state index contributed by atoms with van der Waals surface area (Å²) in [6, 6.07) is 8.42. The van der Waals surface area contributed by atoms with Crippen molar-refractivity contribution < 1.29 is 14.4 Å². The van der Waals surface area contributed by atoms with Gasteiger partial charge in [0.2, 0.25) is 5.91 Å². The molecular weight excluding hydrogens is 381 g/mol. The molecule has 132 valence electrons. The van der Waals surface area contributed by atoms with Crippen LogP contribution in [0.2, 0.25) is 10.0 Å². The molecule has 7 heteroatoms. The quantitative estimate of drug-likeness (QED) is 0.613. The molecule has 0 saturated heterocycles. The molecule has 0 fully saturated rings. The van der Waals surface area contributed by atoms with Gasteiger partial charge in [0.25, 0.3) is 0 Å². The summed E-state index contributed by atoms with van der Waals surface area (Å²) in [5.41, 5.74) is 0.523. The van der Waals surface area contributed by atoms with Gasteiger partial charge in [-0.1, -0.05) is 23.2 Å². The summed E-state index contributed by atoms with van der Waals surface area (Å²) in [6.07, 6.45) is 0.484. The van der Waals surface area contributed by atoms with E-state index in [9.17, 15) is 14.4 Å². The summed E-state index contributed by atoms with van der Waals surface area (Å²) in [5.74, 6) is -0.426. The van der Waals surface area contributed by atoms with Crippen molar-refractivity contribution in [3.63, 3.8) is 0 Å². The van der Waals surface area contributed by atoms with Crippen LogP contribution in [0.25, 0.3) is 0 Å². The van der Waals surface area contributed by atoms with Crippen LogP contribution < -0.4 is 5.32 Å². The Morgan fingerprint density at radius 1 is 0.960 bits per heavy atom. The largest absolute Gasteiger partial charge is 0.326 e. The molecular formula is C18H17Cl2NO3S. The van der Waals surface area contributed by atoms with Crippen LogP contribution in [0.15, 0.2) is 30.3 Å². The number of thiophene rings is 1. The molecule has 0 atom stereocenters. The SMILES string of the molecule is Cc1ccc(C(=O)CCC(=O)CCC(=O)Nc2ccc(Cl)c(Cl)c2)s1. The van der Waals surface area contributed by atoms with Crippen LogP contribution >= 0.6 is 34.5 Å². The number of carbonyl (C=O) groups is 3. The minimum atomic E-state index is -0.285. The van der Waals surface area contributed by atoms with Crippen molar-refractivity contribution in [1.82, 2.24) is 0 Å². The molecule has 1 aromatic heterocycles. The van der Waals surface area contributed by atoms with Crippen molar-refractivity contribution in [3.8, 4) is 0 Å². The number of halogens is 2. The summed E-state index contributed by atoms with van der Waals surface area (Å²) in [5, 5.41) is 3.41. The number of Topliss-reactive ketones (excluding diaryl/α,β-unsaturated/α-hetero) is 2. The molecule has 1 aromatic carbocycles. The molecule has 0 aliphatic rings. The highest BCUT2D eigenvalue weighted by atomic mass is 35.5. The van der Waals surface area contributed by atoms with Crippen molar-refractivity contribution in [2.24, 2.45) is 0 Å². The predicted octanol–water partition coefficient (Wildman–Crippen LogP) is 5.31. The van der Waals surface area contributed by atoms with Gasteiger partial charge in [0.1, 0.15) is 5.78 Å². The second kappa shape index (κ2) is 9.13. The maximum atomic E-state index is 12.0. The van der Waals surface area contributed by atoms with Gasteiger partial charge in [0.15, 0.2) is 5.78 Å². The molecule has 1 amide bonds. The van der Waals surface area contributed by atoms with Gasteiger partial charge in [-0.25, -0.2) is 0 Å². The lowest BCUT2D eigenvalue weighted by atomic mass is 10.1. The second-order valence-electron chi connectivity index (χ2n) is 5.55. The van der Waals surface area contributed by atoms with Crippen molar-refractivity contribution in [2.45, 2.75) is 32.6 Å². The number of anilines is 1. The third-order valence-corrected chi connectivity index (χ3v) is 5.26. The Morgan fingerprint density at radius 2 is 1.68 bits per heavy atom. The van der Waals surface area contributed by atoms with Crippen LogP contribution in [0, 0.1) is 6.92 Å². The number of aryl methyl sites for hydroxylation is 1. The van der Waals surface area contributed by atoms with Crippen molar-refractivity contribution in [2.75, 3.05) is 5.32 Å². The highest BCUT2D eigenvalue weighted by molar-refractivity contribution is 7.14. The van der Waals surface area contributed by atoms with Gasteiger partial charge in [-0.05, 0) is 37.3 Å². The molecule has 0 aliphatic carbocycles. The molecule has 25 heavy (non-hydrogen) atoms. The third-order valence-electron chi connectivity index (χ3n) is 3.48. The molecule has 0 radical (unpaired) electrons. The fraction of sp³-hybridized carbons (Fsp3) is 0.278. The zero-order valence-electron chi connectivity index (χ0n) is 13.6. The van der Waals surface area contributed by atoms with Gasteiger partial charge in [0, 0.05) is 36.2 Å². The Balaban J connectivity index is 1.72. The molecule has 2 rings (SSSR count). The lowest BCUT2D eigenvalue weighted by Crippen LogP contribution is -2.13. The Bertz CT molecular complexity index is 801. The normalized spacial score (nSPS) is 10.5. The lowest BCUT2D eigenvalue weighted by molar-refractivity contribution is -0.122. The number of rotatable bonds is 8. The maximum absolute atomic E-state index is 12.0. The minimum absolute atomic E-state index is 0.0355. The van der Waals surface area contributed by atoms with Crippen LogP contribution in [-0.4, -0.2) is 17.5 Å². The van der Waals surface area contributed by atoms with E-state index in [1.54, 1.807) is 24.3 Å². The maximum Gasteiger partial charge on any atom is 0.224 e. The molecule has 0 aliphatic heterocycles. The van der Waals surface area contributed by atoms with E-state index in [4.69, 9.17) is 23.2 Å². The van der Waals surface area contributed by atoms with E-state index < -0.39 is 0 Å². The monoisotopic (exact) mass is 397 g/mol. The molecule has 0 saturated carbocycles. The molecule has 0 spiro atoms. The standard InChI is InChI=1S/C18H17Cl2NO3S/c1-11-2-8-17(25-11)16(23)7-4-13(22)5-9-18(24)21-12-3-6-14(19)15(20)10-12/h2-3,6,8,10H,4-5,7,9H2,1H3,(H,21,24). The fourth-order valence-electron chi connectivity index (χ4n) is 2.14. The van der Waals surface area contributed by atoms with Gasteiger partial charge < -0.3 is 5.32 Å². The lowest BCUT2D eigenvalue weighted by Gasteiger charge is -2.06. The first-order valence-electron chi connectivity index (χ1n) is 7.71. The highest BCUT2D eigenvalue weighted by Gasteiger charge is 2.13. The van der Waals surface area contributed by atoms with Crippen molar-refractivity contribution in [3.05, 3.63) is 50.1 Å². The molecule has 0 bridgehead atoms. The van der Waals surface area contributed by atoms with E-state index >= 15 is 0 Å². The smallest absolute Gasteiger partial charge is 0.224 e. The second-order valence-corrected chi connectivity index (χ2v) is 7.65. The van der Waals surface area contributed by atoms with Gasteiger partial charge in [-0.15, -0.1) is 11.3 Å². The Kier molecular flexibility index (Phi) is 7.17. The minimum Gasteiger partial charge on any atom is -0.326 e. The van der Waals surface area contributed by atoms with E-state index in [2.05, 4.69) is 5.32 Å². The molecule has 1 N–H and O–H groups in total. The van der Waals surface area contributed by atoms with E-state index in [0.29, 0.717) is 20.6 Å². The number of hydrogen-bond donors (Lipinski definition) is 1. The molecule has 2 aromatic rings. The van der Waals surface area contributed by atoms with Crippen LogP contribution in [0.1, 0.15) is 40.2 Å². The van der Waals surface area contributed by atoms with E-state index in [1.807, 2.05) is 13.0 Å². The van der Waals surface area contributed by atoms with Crippen LogP contribution in [-0.2, 0) is 9.59 Å². The van der Waals surface area contributed by atoms with Gasteiger partial charge in [-0.3, -0.25) is 14.4 Å². The number of carbonyl (C=O) groups excluding carboxylic acids is 3. The Labute approximate surface area is 160 Å². The van der Waals surface area contributed by atoms with Gasteiger partial charge in [-0.2, -0.15) is 0 Å². The van der Waals surface area contributed by atoms with Crippen LogP contribution in [0.4, 0.5) is 5.69 Å². The average molecular weight is 398 g/mol. The van der Waals surface area contributed by atoms with E-state index in [-0.39, 0.29) is 43.2 Å². The van der Waals surface area contributed by atoms with Gasteiger partial charge in [0.05, 0.1) is 14.9 Å². The first-order valence-corrected chi connectivity index (χ1v) is 9.28. The highest BCUT2D eigenvalue weighted by Crippen LogP contribution is 2.25. The number of nitrogens with one attached hydrogen (secondary N) is 1. The Morgan fingerprint density at radius 3 is 2.32 bits per heavy atom. The van der Waals surface area contributed by atoms with E-state index in [1.165, 1.54) is 11.3 Å². The summed E-state index contributed by atoms with van der Waals surface area (Å²) in [7, 11) is 0. The number of ketones is 2. The first kappa shape index (κ1) is 19.6. The van der Waals surface area contributed by atoms with Crippen LogP contribution in [0.5, 0.6) is 0 Å². The topological polar surface area (TPSA) is 63.2 Å². The zero-order valence-corrected chi connectivity index (χ0v) is 15.9. The molecule has 1 heterocycles. The number of amides is 1. The summed E-state index contributed by atoms with van der Waals surface area (Å²) in [6.45, 7) is 1.93. The number of benzene rings is 1. The third kappa shape index (κ3) is 6.27. The average Bonchev–Trinajstić information content (AvgIpc) is 3.00. The fourth-order valence-corrected chi connectivity index (χ4v) is 3.27. The summed E-state index contributed by atoms with van der Waals surface area (Å²) in [4.78, 5) is 37.4. The van der Waals surface area contributed by atoms with Crippen molar-refractivity contribution in [1.29, 1.82) is 0 Å². The van der Waals surface area contributed by atoms with E-state index in [0.717, 1.165) is 4.88 Å². The first-order chi connectivity index (χ1) is 11.8. The predicted molar refractivity (Wildman–Crippen MR) is 102 cm³/mol. The Hall–Kier alpha value is -1.69. The molecule has 0 unspecified atom stereocenters. The van der Waals surface area contributed by atoms with Gasteiger partial charge >= 0.3 is 0 Å². The molecule has 4 nitrogen and oxygen atoms in total.